The molecular weight excluding hydrogens is 492 g/mol. The number of halogens is 1. The predicted octanol–water partition coefficient (Wildman–Crippen LogP) is 5.76. The third-order valence-corrected chi connectivity index (χ3v) is 7.34. The molecule has 1 heterocycles. The zero-order chi connectivity index (χ0) is 22.7. The third kappa shape index (κ3) is 4.84. The molecule has 3 aromatic rings. The molecule has 0 atom stereocenters. The summed E-state index contributed by atoms with van der Waals surface area (Å²) in [5.74, 6) is 0.830. The molecule has 7 heteroatoms. The monoisotopic (exact) mass is 513 g/mol. The lowest BCUT2D eigenvalue weighted by molar-refractivity contribution is -0.146. The molecule has 0 unspecified atom stereocenters. The van der Waals surface area contributed by atoms with E-state index in [2.05, 4.69) is 28.1 Å². The van der Waals surface area contributed by atoms with Crippen molar-refractivity contribution < 1.29 is 23.8 Å². The predicted molar refractivity (Wildman–Crippen MR) is 126 cm³/mol. The Balaban J connectivity index is 1.47. The van der Waals surface area contributed by atoms with E-state index < -0.39 is 16.3 Å². The average Bonchev–Trinajstić information content (AvgIpc) is 2.79. The molecule has 0 aromatic heterocycles. The van der Waals surface area contributed by atoms with Gasteiger partial charge < -0.3 is 14.2 Å². The first-order valence-electron chi connectivity index (χ1n) is 10.1. The summed E-state index contributed by atoms with van der Waals surface area (Å²) in [5.41, 5.74) is 0.444. The number of carbonyl (C=O) groups excluding carboxylic acids is 2. The van der Waals surface area contributed by atoms with Crippen LogP contribution in [0.1, 0.15) is 24.2 Å². The van der Waals surface area contributed by atoms with Gasteiger partial charge in [-0.25, -0.2) is 4.79 Å². The van der Waals surface area contributed by atoms with Crippen LogP contribution >= 0.6 is 15.9 Å². The topological polar surface area (TPSA) is 61.8 Å². The van der Waals surface area contributed by atoms with Crippen LogP contribution in [0.3, 0.4) is 0 Å². The van der Waals surface area contributed by atoms with E-state index in [1.807, 2.05) is 48.5 Å². The maximum atomic E-state index is 12.4. The minimum absolute atomic E-state index is 0.00211. The van der Waals surface area contributed by atoms with E-state index in [0.717, 1.165) is 26.2 Å². The van der Waals surface area contributed by atoms with Crippen molar-refractivity contribution in [3.05, 3.63) is 78.4 Å². The second kappa shape index (κ2) is 9.38. The Hall–Kier alpha value is -2.77. The maximum absolute atomic E-state index is 12.4. The standard InChI is InChI=1S/C25H22BrO5S/c1-25(2,26)24(28)30-16-15-29-23(27)17-11-13-18(14-12-17)32-21-9-5-3-7-19(21)31-20-8-4-6-10-22(20)32/h3-14H,15-16H2,1-2H3/q+1. The van der Waals surface area contributed by atoms with Crippen LogP contribution < -0.4 is 4.74 Å². The van der Waals surface area contributed by atoms with Gasteiger partial charge in [-0.15, -0.1) is 0 Å². The van der Waals surface area contributed by atoms with E-state index in [1.165, 1.54) is 0 Å². The number of benzene rings is 3. The van der Waals surface area contributed by atoms with E-state index in [1.54, 1.807) is 26.0 Å². The van der Waals surface area contributed by atoms with Gasteiger partial charge in [0.2, 0.25) is 9.79 Å². The summed E-state index contributed by atoms with van der Waals surface area (Å²) in [6.07, 6.45) is 0. The van der Waals surface area contributed by atoms with E-state index in [4.69, 9.17) is 14.2 Å². The van der Waals surface area contributed by atoms with Crippen LogP contribution in [-0.4, -0.2) is 29.5 Å². The van der Waals surface area contributed by atoms with Gasteiger partial charge in [0.25, 0.3) is 0 Å². The molecular formula is C25H22BrO5S+. The second-order valence-electron chi connectivity index (χ2n) is 7.57. The Kier molecular flexibility index (Phi) is 6.58. The zero-order valence-electron chi connectivity index (χ0n) is 17.7. The molecule has 4 rings (SSSR count). The summed E-state index contributed by atoms with van der Waals surface area (Å²) in [6.45, 7) is 3.39. The summed E-state index contributed by atoms with van der Waals surface area (Å²) in [7, 11) is -0.339. The summed E-state index contributed by atoms with van der Waals surface area (Å²) >= 11 is 3.23. The van der Waals surface area contributed by atoms with Crippen molar-refractivity contribution in [2.75, 3.05) is 13.2 Å². The van der Waals surface area contributed by atoms with Gasteiger partial charge in [-0.05, 0) is 62.4 Å². The Morgan fingerprint density at radius 3 is 1.94 bits per heavy atom. The SMILES string of the molecule is CC(C)(Br)C(=O)OCCOC(=O)c1ccc([S+]2c3ccccc3Oc3ccccc32)cc1. The van der Waals surface area contributed by atoms with Gasteiger partial charge in [-0.1, -0.05) is 40.2 Å². The van der Waals surface area contributed by atoms with Crippen LogP contribution in [0, 0.1) is 0 Å². The molecule has 0 N–H and O–H groups in total. The molecule has 0 aliphatic carbocycles. The van der Waals surface area contributed by atoms with Crippen LogP contribution in [-0.2, 0) is 25.2 Å². The first-order chi connectivity index (χ1) is 15.3. The van der Waals surface area contributed by atoms with Crippen LogP contribution in [0.2, 0.25) is 0 Å². The van der Waals surface area contributed by atoms with E-state index >= 15 is 0 Å². The number of hydrogen-bond acceptors (Lipinski definition) is 5. The Morgan fingerprint density at radius 1 is 0.844 bits per heavy atom. The fourth-order valence-corrected chi connectivity index (χ4v) is 5.47. The van der Waals surface area contributed by atoms with Gasteiger partial charge in [0.1, 0.15) is 28.4 Å². The fraction of sp³-hybridized carbons (Fsp3) is 0.200. The molecule has 0 spiro atoms. The average molecular weight is 514 g/mol. The molecule has 0 amide bonds. The number of esters is 2. The van der Waals surface area contributed by atoms with Crippen LogP contribution in [0.5, 0.6) is 11.5 Å². The van der Waals surface area contributed by atoms with Gasteiger partial charge >= 0.3 is 11.9 Å². The number of hydrogen-bond donors (Lipinski definition) is 0. The largest absolute Gasteiger partial charge is 0.461 e. The smallest absolute Gasteiger partial charge is 0.338 e. The lowest BCUT2D eigenvalue weighted by atomic mass is 10.2. The van der Waals surface area contributed by atoms with Crippen molar-refractivity contribution in [1.29, 1.82) is 0 Å². The van der Waals surface area contributed by atoms with Gasteiger partial charge in [0.05, 0.1) is 5.56 Å². The number of para-hydroxylation sites is 2. The van der Waals surface area contributed by atoms with Crippen LogP contribution in [0.25, 0.3) is 0 Å². The highest BCUT2D eigenvalue weighted by molar-refractivity contribution is 9.10. The summed E-state index contributed by atoms with van der Waals surface area (Å²) in [5, 5.41) is 0. The maximum Gasteiger partial charge on any atom is 0.338 e. The molecule has 1 aliphatic heterocycles. The van der Waals surface area contributed by atoms with E-state index in [0.29, 0.717) is 5.56 Å². The Bertz CT molecular complexity index is 1090. The van der Waals surface area contributed by atoms with Crippen molar-refractivity contribution in [1.82, 2.24) is 0 Å². The van der Waals surface area contributed by atoms with Crippen molar-refractivity contribution in [3.63, 3.8) is 0 Å². The zero-order valence-corrected chi connectivity index (χ0v) is 20.1. The van der Waals surface area contributed by atoms with Gasteiger partial charge in [0.15, 0.2) is 16.4 Å². The number of carbonyl (C=O) groups is 2. The van der Waals surface area contributed by atoms with Gasteiger partial charge in [-0.2, -0.15) is 0 Å². The van der Waals surface area contributed by atoms with Gasteiger partial charge in [0, 0.05) is 0 Å². The van der Waals surface area contributed by atoms with Crippen molar-refractivity contribution >= 4 is 38.8 Å². The molecule has 32 heavy (non-hydrogen) atoms. The highest BCUT2D eigenvalue weighted by Crippen LogP contribution is 2.46. The fourth-order valence-electron chi connectivity index (χ4n) is 3.15. The summed E-state index contributed by atoms with van der Waals surface area (Å²) < 4.78 is 15.6. The van der Waals surface area contributed by atoms with Crippen molar-refractivity contribution in [3.8, 4) is 11.5 Å². The molecule has 0 radical (unpaired) electrons. The first kappa shape index (κ1) is 22.4. The number of fused-ring (bicyclic) bond motifs is 2. The first-order valence-corrected chi connectivity index (χ1v) is 12.1. The quantitative estimate of drug-likeness (QED) is 0.142. The minimum Gasteiger partial charge on any atom is -0.461 e. The van der Waals surface area contributed by atoms with E-state index in [-0.39, 0.29) is 24.1 Å². The second-order valence-corrected chi connectivity index (χ2v) is 11.5. The molecule has 5 nitrogen and oxygen atoms in total. The highest BCUT2D eigenvalue weighted by Gasteiger charge is 2.38. The third-order valence-electron chi connectivity index (χ3n) is 4.72. The van der Waals surface area contributed by atoms with Crippen LogP contribution in [0.4, 0.5) is 0 Å². The minimum atomic E-state index is -0.769. The Labute approximate surface area is 198 Å². The normalized spacial score (nSPS) is 12.8. The van der Waals surface area contributed by atoms with Crippen LogP contribution in [0.15, 0.2) is 87.5 Å². The number of rotatable bonds is 6. The molecule has 3 aromatic carbocycles. The molecule has 0 saturated carbocycles. The number of ether oxygens (including phenoxy) is 3. The van der Waals surface area contributed by atoms with Crippen molar-refractivity contribution in [2.45, 2.75) is 32.9 Å². The van der Waals surface area contributed by atoms with Gasteiger partial charge in [-0.3, -0.25) is 4.79 Å². The molecule has 1 aliphatic rings. The highest BCUT2D eigenvalue weighted by atomic mass is 79.9. The van der Waals surface area contributed by atoms with Crippen molar-refractivity contribution in [2.24, 2.45) is 0 Å². The molecule has 164 valence electrons. The molecule has 0 saturated heterocycles. The summed E-state index contributed by atoms with van der Waals surface area (Å²) in [4.78, 5) is 27.4. The number of alkyl halides is 1. The Morgan fingerprint density at radius 2 is 1.38 bits per heavy atom. The lowest BCUT2D eigenvalue weighted by Gasteiger charge is -2.19. The summed E-state index contributed by atoms with van der Waals surface area (Å²) in [6, 6.07) is 23.5. The molecule has 0 bridgehead atoms. The lowest BCUT2D eigenvalue weighted by Crippen LogP contribution is -2.28. The molecule has 0 fully saturated rings. The van der Waals surface area contributed by atoms with E-state index in [9.17, 15) is 9.59 Å².